The minimum atomic E-state index is -0.102. The molecule has 140 valence electrons. The van der Waals surface area contributed by atoms with Gasteiger partial charge in [0.25, 0.3) is 0 Å². The first-order chi connectivity index (χ1) is 12.9. The number of phenolic OH excluding ortho intramolecular Hbond substituents is 1. The Morgan fingerprint density at radius 2 is 1.89 bits per heavy atom. The lowest BCUT2D eigenvalue weighted by Gasteiger charge is -2.09. The fourth-order valence-electron chi connectivity index (χ4n) is 2.95. The van der Waals surface area contributed by atoms with Crippen LogP contribution in [-0.2, 0) is 4.79 Å². The molecule has 7 heteroatoms. The minimum Gasteiger partial charge on any atom is -0.507 e. The number of H-pyrrole nitrogens is 1. The Morgan fingerprint density at radius 3 is 2.52 bits per heavy atom. The molecule has 2 aromatic carbocycles. The molecule has 0 radical (unpaired) electrons. The third kappa shape index (κ3) is 3.87. The number of fused-ring (bicyclic) bond motifs is 1. The average Bonchev–Trinajstić information content (AvgIpc) is 2.93. The monoisotopic (exact) mass is 367 g/mol. The first-order valence-electron chi connectivity index (χ1n) is 8.47. The third-order valence-electron chi connectivity index (χ3n) is 4.18. The van der Waals surface area contributed by atoms with E-state index in [0.717, 1.165) is 5.56 Å². The number of aromatic nitrogens is 1. The zero-order valence-electron chi connectivity index (χ0n) is 15.1. The Balaban J connectivity index is 1.86. The van der Waals surface area contributed by atoms with Gasteiger partial charge in [-0.1, -0.05) is 12.1 Å². The van der Waals surface area contributed by atoms with Crippen LogP contribution in [0, 0.1) is 5.41 Å². The van der Waals surface area contributed by atoms with Gasteiger partial charge in [0.2, 0.25) is 5.91 Å². The number of nitrogens with one attached hydrogen (secondary N) is 3. The zero-order valence-corrected chi connectivity index (χ0v) is 15.1. The summed E-state index contributed by atoms with van der Waals surface area (Å²) in [6.07, 6.45) is 0. The summed E-state index contributed by atoms with van der Waals surface area (Å²) < 4.78 is 5.56. The van der Waals surface area contributed by atoms with E-state index in [4.69, 9.17) is 10.1 Å². The van der Waals surface area contributed by atoms with Crippen LogP contribution in [0.25, 0.3) is 22.0 Å². The quantitative estimate of drug-likeness (QED) is 0.340. The fourth-order valence-corrected chi connectivity index (χ4v) is 2.95. The van der Waals surface area contributed by atoms with Gasteiger partial charge in [-0.2, -0.15) is 0 Å². The number of benzene rings is 2. The number of carbonyl (C=O) groups excluding carboxylic acids is 1. The third-order valence-corrected chi connectivity index (χ3v) is 4.18. The Labute approximate surface area is 156 Å². The van der Waals surface area contributed by atoms with Crippen molar-refractivity contribution >= 4 is 22.5 Å². The number of aromatic amines is 1. The molecule has 0 atom stereocenters. The number of amides is 1. The predicted octanol–water partition coefficient (Wildman–Crippen LogP) is 3.15. The largest absolute Gasteiger partial charge is 0.507 e. The van der Waals surface area contributed by atoms with Crippen molar-refractivity contribution in [3.05, 3.63) is 42.0 Å². The summed E-state index contributed by atoms with van der Waals surface area (Å²) in [5.41, 5.74) is 2.59. The van der Waals surface area contributed by atoms with Crippen LogP contribution in [0.5, 0.6) is 17.4 Å². The van der Waals surface area contributed by atoms with Crippen LogP contribution in [0.1, 0.15) is 19.4 Å². The molecule has 3 aromatic rings. The molecule has 0 saturated heterocycles. The molecule has 0 unspecified atom stereocenters. The first kappa shape index (κ1) is 18.3. The van der Waals surface area contributed by atoms with E-state index in [-0.39, 0.29) is 23.2 Å². The molecule has 0 aliphatic carbocycles. The molecule has 1 heterocycles. The number of phenols is 1. The molecule has 7 nitrogen and oxygen atoms in total. The number of hydrogen-bond donors (Lipinski definition) is 5. The number of hydrogen-bond acceptors (Lipinski definition) is 5. The van der Waals surface area contributed by atoms with Gasteiger partial charge in [-0.15, -0.1) is 0 Å². The molecule has 0 spiro atoms. The van der Waals surface area contributed by atoms with Gasteiger partial charge in [-0.3, -0.25) is 4.79 Å². The van der Waals surface area contributed by atoms with Crippen molar-refractivity contribution in [2.75, 3.05) is 13.2 Å². The smallest absolute Gasteiger partial charge is 0.216 e. The van der Waals surface area contributed by atoms with E-state index in [1.54, 1.807) is 25.1 Å². The van der Waals surface area contributed by atoms with E-state index in [1.165, 1.54) is 13.0 Å². The highest BCUT2D eigenvalue weighted by Crippen LogP contribution is 2.37. The number of carbonyl (C=O) groups is 1. The fraction of sp³-hybridized carbons (Fsp3) is 0.200. The average molecular weight is 367 g/mol. The SMILES string of the molecule is CC(=N)c1c(O)[nH]c2cc(O)c(-c3ccc(OCCNC(C)=O)cc3)cc12. The van der Waals surface area contributed by atoms with Crippen molar-refractivity contribution in [3.63, 3.8) is 0 Å². The number of aromatic hydroxyl groups is 2. The maximum Gasteiger partial charge on any atom is 0.216 e. The van der Waals surface area contributed by atoms with Gasteiger partial charge in [0, 0.05) is 29.7 Å². The van der Waals surface area contributed by atoms with Crippen LogP contribution in [0.2, 0.25) is 0 Å². The van der Waals surface area contributed by atoms with Crippen molar-refractivity contribution in [2.24, 2.45) is 0 Å². The lowest BCUT2D eigenvalue weighted by Crippen LogP contribution is -2.25. The lowest BCUT2D eigenvalue weighted by atomic mass is 10.00. The van der Waals surface area contributed by atoms with Gasteiger partial charge in [0.15, 0.2) is 5.88 Å². The topological polar surface area (TPSA) is 118 Å². The summed E-state index contributed by atoms with van der Waals surface area (Å²) in [6.45, 7) is 3.84. The van der Waals surface area contributed by atoms with E-state index in [1.807, 2.05) is 12.1 Å². The second-order valence-corrected chi connectivity index (χ2v) is 6.24. The molecular formula is C20H21N3O4. The van der Waals surface area contributed by atoms with Crippen molar-refractivity contribution in [1.29, 1.82) is 5.41 Å². The van der Waals surface area contributed by atoms with Gasteiger partial charge in [-0.25, -0.2) is 0 Å². The normalized spacial score (nSPS) is 10.7. The lowest BCUT2D eigenvalue weighted by molar-refractivity contribution is -0.119. The van der Waals surface area contributed by atoms with Crippen LogP contribution < -0.4 is 10.1 Å². The number of ether oxygens (including phenoxy) is 1. The van der Waals surface area contributed by atoms with Crippen LogP contribution in [0.3, 0.4) is 0 Å². The van der Waals surface area contributed by atoms with E-state index >= 15 is 0 Å². The Hall–Kier alpha value is -3.48. The van der Waals surface area contributed by atoms with Crippen molar-refractivity contribution in [3.8, 4) is 28.5 Å². The molecule has 1 amide bonds. The number of rotatable bonds is 6. The van der Waals surface area contributed by atoms with E-state index in [0.29, 0.717) is 40.9 Å². The van der Waals surface area contributed by atoms with E-state index in [9.17, 15) is 15.0 Å². The highest BCUT2D eigenvalue weighted by molar-refractivity contribution is 6.11. The summed E-state index contributed by atoms with van der Waals surface area (Å²) in [5.74, 6) is 0.532. The van der Waals surface area contributed by atoms with Gasteiger partial charge in [-0.05, 0) is 30.7 Å². The molecule has 0 aliphatic rings. The second kappa shape index (κ2) is 7.41. The van der Waals surface area contributed by atoms with Crippen LogP contribution in [0.4, 0.5) is 0 Å². The molecule has 27 heavy (non-hydrogen) atoms. The van der Waals surface area contributed by atoms with Crippen molar-refractivity contribution in [2.45, 2.75) is 13.8 Å². The maximum absolute atomic E-state index is 10.8. The highest BCUT2D eigenvalue weighted by Gasteiger charge is 2.16. The van der Waals surface area contributed by atoms with Crippen LogP contribution in [0.15, 0.2) is 36.4 Å². The molecule has 5 N–H and O–H groups in total. The highest BCUT2D eigenvalue weighted by atomic mass is 16.5. The molecule has 0 bridgehead atoms. The summed E-state index contributed by atoms with van der Waals surface area (Å²) in [4.78, 5) is 13.6. The van der Waals surface area contributed by atoms with Gasteiger partial charge in [0.1, 0.15) is 18.1 Å². The second-order valence-electron chi connectivity index (χ2n) is 6.24. The summed E-state index contributed by atoms with van der Waals surface area (Å²) in [5, 5.41) is 31.6. The summed E-state index contributed by atoms with van der Waals surface area (Å²) in [7, 11) is 0. The van der Waals surface area contributed by atoms with Crippen molar-refractivity contribution in [1.82, 2.24) is 10.3 Å². The van der Waals surface area contributed by atoms with Gasteiger partial charge in [0.05, 0.1) is 17.6 Å². The van der Waals surface area contributed by atoms with Gasteiger partial charge < -0.3 is 30.7 Å². The maximum atomic E-state index is 10.8. The summed E-state index contributed by atoms with van der Waals surface area (Å²) >= 11 is 0. The first-order valence-corrected chi connectivity index (χ1v) is 8.47. The predicted molar refractivity (Wildman–Crippen MR) is 104 cm³/mol. The van der Waals surface area contributed by atoms with Crippen LogP contribution in [-0.4, -0.2) is 40.0 Å². The van der Waals surface area contributed by atoms with Gasteiger partial charge >= 0.3 is 0 Å². The zero-order chi connectivity index (χ0) is 19.6. The molecule has 0 aliphatic heterocycles. The van der Waals surface area contributed by atoms with E-state index in [2.05, 4.69) is 10.3 Å². The van der Waals surface area contributed by atoms with E-state index < -0.39 is 0 Å². The molecular weight excluding hydrogens is 346 g/mol. The standard InChI is InChI=1S/C20H21N3O4/c1-11(21)19-16-9-15(18(25)10-17(16)23-20(19)26)13-3-5-14(6-4-13)27-8-7-22-12(2)24/h3-6,9-10,21,23,25-26H,7-8H2,1-2H3,(H,22,24). The summed E-state index contributed by atoms with van der Waals surface area (Å²) in [6, 6.07) is 10.5. The molecule has 0 saturated carbocycles. The minimum absolute atomic E-state index is 0.0669. The molecule has 1 aromatic heterocycles. The Kier molecular flexibility index (Phi) is 5.03. The van der Waals surface area contributed by atoms with Crippen molar-refractivity contribution < 1.29 is 19.7 Å². The molecule has 3 rings (SSSR count). The molecule has 0 fully saturated rings. The Morgan fingerprint density at radius 1 is 1.19 bits per heavy atom. The Bertz CT molecular complexity index is 1010. The van der Waals surface area contributed by atoms with Crippen LogP contribution >= 0.6 is 0 Å².